The Bertz CT molecular complexity index is 1250. The number of fused-ring (bicyclic) bond motifs is 1. The van der Waals surface area contributed by atoms with Gasteiger partial charge in [0, 0.05) is 17.8 Å². The van der Waals surface area contributed by atoms with Crippen molar-refractivity contribution in [2.75, 3.05) is 0 Å². The molecule has 1 aliphatic carbocycles. The first-order valence-corrected chi connectivity index (χ1v) is 10.0. The highest BCUT2D eigenvalue weighted by molar-refractivity contribution is 5.92. The molecule has 0 unspecified atom stereocenters. The van der Waals surface area contributed by atoms with Crippen LogP contribution in [0, 0.1) is 0 Å². The lowest BCUT2D eigenvalue weighted by molar-refractivity contribution is 0.0696. The van der Waals surface area contributed by atoms with Crippen LogP contribution in [0.2, 0.25) is 0 Å². The molecule has 0 spiro atoms. The van der Waals surface area contributed by atoms with Crippen LogP contribution in [-0.4, -0.2) is 45.4 Å². The number of aromatic carboxylic acids is 1. The summed E-state index contributed by atoms with van der Waals surface area (Å²) in [7, 11) is 0. The second-order valence-electron chi connectivity index (χ2n) is 7.62. The van der Waals surface area contributed by atoms with Crippen LogP contribution in [0.1, 0.15) is 60.6 Å². The molecule has 0 saturated heterocycles. The van der Waals surface area contributed by atoms with Gasteiger partial charge in [-0.15, -0.1) is 5.10 Å². The van der Waals surface area contributed by atoms with Gasteiger partial charge in [-0.2, -0.15) is 5.10 Å². The minimum Gasteiger partial charge on any atom is -0.478 e. The van der Waals surface area contributed by atoms with Crippen molar-refractivity contribution in [3.63, 3.8) is 0 Å². The molecule has 1 fully saturated rings. The van der Waals surface area contributed by atoms with E-state index < -0.39 is 12.4 Å². The van der Waals surface area contributed by atoms with Gasteiger partial charge in [-0.1, -0.05) is 24.5 Å². The number of aromatic nitrogens is 7. The van der Waals surface area contributed by atoms with Gasteiger partial charge in [0.15, 0.2) is 11.5 Å². The van der Waals surface area contributed by atoms with Crippen LogP contribution in [0.5, 0.6) is 0 Å². The fourth-order valence-corrected chi connectivity index (χ4v) is 4.07. The van der Waals surface area contributed by atoms with Crippen LogP contribution in [0.4, 0.5) is 8.78 Å². The lowest BCUT2D eigenvalue weighted by Gasteiger charge is -2.21. The minimum atomic E-state index is -2.74. The number of halogens is 2. The van der Waals surface area contributed by atoms with Crippen molar-refractivity contribution in [2.45, 2.75) is 44.6 Å². The van der Waals surface area contributed by atoms with E-state index in [1.807, 2.05) is 0 Å². The predicted octanol–water partition coefficient (Wildman–Crippen LogP) is 3.94. The van der Waals surface area contributed by atoms with Gasteiger partial charge in [-0.25, -0.2) is 23.2 Å². The van der Waals surface area contributed by atoms with E-state index >= 15 is 0 Å². The zero-order chi connectivity index (χ0) is 21.5. The number of nitrogens with zero attached hydrogens (tertiary/aromatic N) is 7. The van der Waals surface area contributed by atoms with Crippen molar-refractivity contribution >= 4 is 17.0 Å². The summed E-state index contributed by atoms with van der Waals surface area (Å²) >= 11 is 0. The molecular weight excluding hydrogens is 408 g/mol. The van der Waals surface area contributed by atoms with Gasteiger partial charge in [0.05, 0.1) is 24.0 Å². The van der Waals surface area contributed by atoms with Gasteiger partial charge in [-0.05, 0) is 25.0 Å². The summed E-state index contributed by atoms with van der Waals surface area (Å²) in [6, 6.07) is 3.33. The molecular formula is C20H19F2N7O2. The molecule has 1 aliphatic rings. The van der Waals surface area contributed by atoms with Crippen molar-refractivity contribution in [3.05, 3.63) is 48.2 Å². The predicted molar refractivity (Wildman–Crippen MR) is 106 cm³/mol. The monoisotopic (exact) mass is 427 g/mol. The molecule has 31 heavy (non-hydrogen) atoms. The third-order valence-corrected chi connectivity index (χ3v) is 5.64. The third-order valence-electron chi connectivity index (χ3n) is 5.64. The van der Waals surface area contributed by atoms with E-state index in [9.17, 15) is 13.6 Å². The Labute approximate surface area is 174 Å². The topological polar surface area (TPSA) is 104 Å². The van der Waals surface area contributed by atoms with E-state index in [0.29, 0.717) is 16.9 Å². The quantitative estimate of drug-likeness (QED) is 0.517. The molecule has 9 nitrogen and oxygen atoms in total. The third kappa shape index (κ3) is 3.45. The van der Waals surface area contributed by atoms with Crippen molar-refractivity contribution in [3.8, 4) is 11.5 Å². The fourth-order valence-electron chi connectivity index (χ4n) is 4.07. The molecule has 0 atom stereocenters. The Balaban J connectivity index is 1.51. The summed E-state index contributed by atoms with van der Waals surface area (Å²) in [5.41, 5.74) is 0.426. The zero-order valence-corrected chi connectivity index (χ0v) is 16.4. The number of alkyl halides is 2. The molecule has 0 aliphatic heterocycles. The molecule has 0 aromatic carbocycles. The lowest BCUT2D eigenvalue weighted by Crippen LogP contribution is -2.13. The van der Waals surface area contributed by atoms with E-state index in [1.54, 1.807) is 27.7 Å². The van der Waals surface area contributed by atoms with Crippen LogP contribution in [0.3, 0.4) is 0 Å². The SMILES string of the molecule is O=C(O)c1cnc2c(ccn2-c2cn(-c3cn(C4CCCCC4)nc3C(F)F)nn2)c1. The van der Waals surface area contributed by atoms with E-state index in [-0.39, 0.29) is 23.0 Å². The largest absolute Gasteiger partial charge is 0.478 e. The maximum Gasteiger partial charge on any atom is 0.337 e. The summed E-state index contributed by atoms with van der Waals surface area (Å²) in [5.74, 6) is -0.696. The van der Waals surface area contributed by atoms with E-state index in [2.05, 4.69) is 20.4 Å². The van der Waals surface area contributed by atoms with Gasteiger partial charge in [0.25, 0.3) is 6.43 Å². The highest BCUT2D eigenvalue weighted by atomic mass is 19.3. The Hall–Kier alpha value is -3.63. The number of rotatable bonds is 5. The second-order valence-corrected chi connectivity index (χ2v) is 7.62. The van der Waals surface area contributed by atoms with Crippen molar-refractivity contribution in [1.29, 1.82) is 0 Å². The first-order valence-electron chi connectivity index (χ1n) is 10.0. The van der Waals surface area contributed by atoms with Gasteiger partial charge < -0.3 is 5.11 Å². The maximum atomic E-state index is 13.7. The van der Waals surface area contributed by atoms with Gasteiger partial charge >= 0.3 is 5.97 Å². The lowest BCUT2D eigenvalue weighted by atomic mass is 9.96. The number of hydrogen-bond acceptors (Lipinski definition) is 5. The van der Waals surface area contributed by atoms with Crippen molar-refractivity contribution < 1.29 is 18.7 Å². The number of carboxylic acids is 1. The number of pyridine rings is 1. The van der Waals surface area contributed by atoms with E-state index in [1.165, 1.54) is 23.1 Å². The average Bonchev–Trinajstić information content (AvgIpc) is 3.50. The summed E-state index contributed by atoms with van der Waals surface area (Å²) in [5, 5.41) is 22.0. The standard InChI is InChI=1S/C20H19F2N7O2/c21-18(22)17-15(10-28(25-17)14-4-2-1-3-5-14)29-11-16(24-26-29)27-7-6-12-8-13(20(30)31)9-23-19(12)27/h6-11,14,18H,1-5H2,(H,30,31). The Morgan fingerprint density at radius 1 is 1.19 bits per heavy atom. The zero-order valence-electron chi connectivity index (χ0n) is 16.4. The highest BCUT2D eigenvalue weighted by Crippen LogP contribution is 2.31. The summed E-state index contributed by atoms with van der Waals surface area (Å²) in [4.78, 5) is 15.3. The minimum absolute atomic E-state index is 0.0746. The summed E-state index contributed by atoms with van der Waals surface area (Å²) in [6.07, 6.45) is 8.47. The van der Waals surface area contributed by atoms with Gasteiger partial charge in [0.2, 0.25) is 0 Å². The molecule has 160 valence electrons. The molecule has 5 rings (SSSR count). The van der Waals surface area contributed by atoms with E-state index in [0.717, 1.165) is 32.1 Å². The molecule has 4 aromatic heterocycles. The fraction of sp³-hybridized carbons (Fsp3) is 0.350. The maximum absolute atomic E-state index is 13.7. The molecule has 0 radical (unpaired) electrons. The van der Waals surface area contributed by atoms with Gasteiger partial charge in [0.1, 0.15) is 11.3 Å². The number of carboxylic acid groups (broad SMARTS) is 1. The summed E-state index contributed by atoms with van der Waals surface area (Å²) in [6.45, 7) is 0. The van der Waals surface area contributed by atoms with Crippen LogP contribution >= 0.6 is 0 Å². The second kappa shape index (κ2) is 7.56. The Kier molecular flexibility index (Phi) is 4.72. The highest BCUT2D eigenvalue weighted by Gasteiger charge is 2.25. The summed E-state index contributed by atoms with van der Waals surface area (Å²) < 4.78 is 31.9. The number of hydrogen-bond donors (Lipinski definition) is 1. The molecule has 4 heterocycles. The Morgan fingerprint density at radius 3 is 2.74 bits per heavy atom. The molecule has 0 bridgehead atoms. The first-order chi connectivity index (χ1) is 15.0. The Morgan fingerprint density at radius 2 is 2.00 bits per heavy atom. The normalized spacial score (nSPS) is 15.2. The molecule has 1 saturated carbocycles. The molecule has 4 aromatic rings. The van der Waals surface area contributed by atoms with Crippen LogP contribution < -0.4 is 0 Å². The number of carbonyl (C=O) groups is 1. The average molecular weight is 427 g/mol. The van der Waals surface area contributed by atoms with Crippen molar-refractivity contribution in [2.24, 2.45) is 0 Å². The van der Waals surface area contributed by atoms with E-state index in [4.69, 9.17) is 5.11 Å². The van der Waals surface area contributed by atoms with Crippen LogP contribution in [0.25, 0.3) is 22.5 Å². The first kappa shape index (κ1) is 19.3. The molecule has 1 N–H and O–H groups in total. The van der Waals surface area contributed by atoms with Crippen molar-refractivity contribution in [1.82, 2.24) is 34.3 Å². The van der Waals surface area contributed by atoms with Crippen LogP contribution in [-0.2, 0) is 0 Å². The molecule has 0 amide bonds. The molecule has 11 heteroatoms. The van der Waals surface area contributed by atoms with Gasteiger partial charge in [-0.3, -0.25) is 9.25 Å². The van der Waals surface area contributed by atoms with Crippen LogP contribution in [0.15, 0.2) is 36.9 Å². The smallest absolute Gasteiger partial charge is 0.337 e.